The molecule has 2 saturated carbocycles. The monoisotopic (exact) mass is 362 g/mol. The summed E-state index contributed by atoms with van der Waals surface area (Å²) in [5.41, 5.74) is 2.67. The minimum atomic E-state index is -0.109. The molecule has 5 rings (SSSR count). The minimum Gasteiger partial charge on any atom is -0.432 e. The van der Waals surface area contributed by atoms with Gasteiger partial charge in [0.15, 0.2) is 5.76 Å². The first-order valence-electron chi connectivity index (χ1n) is 9.78. The third-order valence-electron chi connectivity index (χ3n) is 5.76. The van der Waals surface area contributed by atoms with Crippen LogP contribution in [-0.4, -0.2) is 41.0 Å². The van der Waals surface area contributed by atoms with Crippen LogP contribution in [0.25, 0.3) is 11.3 Å². The van der Waals surface area contributed by atoms with Gasteiger partial charge in [0.2, 0.25) is 0 Å². The Kier molecular flexibility index (Phi) is 3.98. The summed E-state index contributed by atoms with van der Waals surface area (Å²) < 4.78 is 5.94. The Hall–Kier alpha value is -2.65. The Bertz CT molecular complexity index is 915. The fourth-order valence-electron chi connectivity index (χ4n) is 4.06. The quantitative estimate of drug-likeness (QED) is 0.884. The van der Waals surface area contributed by atoms with Crippen molar-refractivity contribution in [1.29, 1.82) is 5.26 Å². The summed E-state index contributed by atoms with van der Waals surface area (Å²) >= 11 is 0. The summed E-state index contributed by atoms with van der Waals surface area (Å²) in [7, 11) is 0. The molecule has 1 unspecified atom stereocenters. The first kappa shape index (κ1) is 16.5. The molecular weight excluding hydrogens is 340 g/mol. The van der Waals surface area contributed by atoms with Crippen molar-refractivity contribution < 1.29 is 9.21 Å². The number of rotatable bonds is 5. The normalized spacial score (nSPS) is 21.8. The fourth-order valence-corrected chi connectivity index (χ4v) is 4.06. The number of aromatic nitrogens is 1. The van der Waals surface area contributed by atoms with E-state index in [2.05, 4.69) is 16.4 Å². The Labute approximate surface area is 158 Å². The van der Waals surface area contributed by atoms with Gasteiger partial charge in [-0.1, -0.05) is 6.07 Å². The minimum absolute atomic E-state index is 0.109. The second kappa shape index (κ2) is 6.50. The summed E-state index contributed by atoms with van der Waals surface area (Å²) in [6, 6.07) is 8.44. The second-order valence-corrected chi connectivity index (χ2v) is 7.81. The van der Waals surface area contributed by atoms with Crippen molar-refractivity contribution in [2.75, 3.05) is 13.1 Å². The molecule has 0 spiro atoms. The zero-order valence-corrected chi connectivity index (χ0v) is 15.1. The number of carbonyl (C=O) groups is 1. The van der Waals surface area contributed by atoms with E-state index >= 15 is 0 Å². The van der Waals surface area contributed by atoms with Gasteiger partial charge in [0.05, 0.1) is 17.8 Å². The van der Waals surface area contributed by atoms with Crippen LogP contribution in [0.4, 0.5) is 0 Å². The topological polar surface area (TPSA) is 82.2 Å². The van der Waals surface area contributed by atoms with Crippen molar-refractivity contribution in [2.45, 2.75) is 50.1 Å². The van der Waals surface area contributed by atoms with E-state index in [1.165, 1.54) is 5.56 Å². The van der Waals surface area contributed by atoms with Gasteiger partial charge in [-0.2, -0.15) is 5.26 Å². The summed E-state index contributed by atoms with van der Waals surface area (Å²) in [5, 5.41) is 12.6. The van der Waals surface area contributed by atoms with Crippen molar-refractivity contribution >= 4 is 5.91 Å². The van der Waals surface area contributed by atoms with Crippen LogP contribution >= 0.6 is 0 Å². The molecular formula is C21H22N4O2. The van der Waals surface area contributed by atoms with E-state index in [1.807, 2.05) is 23.1 Å². The van der Waals surface area contributed by atoms with E-state index in [9.17, 15) is 10.1 Å². The number of amides is 1. The zero-order chi connectivity index (χ0) is 18.4. The van der Waals surface area contributed by atoms with Gasteiger partial charge in [0, 0.05) is 24.2 Å². The lowest BCUT2D eigenvalue weighted by Crippen LogP contribution is -2.43. The maximum Gasteiger partial charge on any atom is 0.310 e. The van der Waals surface area contributed by atoms with Crippen LogP contribution in [0.1, 0.15) is 59.8 Å². The van der Waals surface area contributed by atoms with E-state index in [4.69, 9.17) is 4.42 Å². The van der Waals surface area contributed by atoms with Crippen LogP contribution in [0.3, 0.4) is 0 Å². The second-order valence-electron chi connectivity index (χ2n) is 7.81. The Balaban J connectivity index is 1.46. The highest BCUT2D eigenvalue weighted by Crippen LogP contribution is 2.45. The molecule has 3 aliphatic rings. The number of hydrogen-bond acceptors (Lipinski definition) is 5. The maximum atomic E-state index is 13.1. The molecule has 0 radical (unpaired) electrons. The molecule has 6 nitrogen and oxygen atoms in total. The fraction of sp³-hybridized carbons (Fsp3) is 0.476. The van der Waals surface area contributed by atoms with Crippen molar-refractivity contribution in [3.63, 3.8) is 0 Å². The first-order chi connectivity index (χ1) is 13.2. The number of carbonyl (C=O) groups excluding carboxylic acids is 1. The lowest BCUT2D eigenvalue weighted by atomic mass is 9.99. The van der Waals surface area contributed by atoms with Gasteiger partial charge in [-0.15, -0.1) is 0 Å². The highest BCUT2D eigenvalue weighted by molar-refractivity contribution is 5.91. The third kappa shape index (κ3) is 3.13. The number of oxazole rings is 1. The molecule has 27 heavy (non-hydrogen) atoms. The Morgan fingerprint density at radius 1 is 1.22 bits per heavy atom. The number of nitrogens with zero attached hydrogens (tertiary/aromatic N) is 3. The molecule has 1 aromatic carbocycles. The van der Waals surface area contributed by atoms with Crippen LogP contribution in [0.2, 0.25) is 0 Å². The number of hydrogen-bond donors (Lipinski definition) is 1. The number of nitrogens with one attached hydrogen (secondary N) is 1. The maximum absolute atomic E-state index is 13.1. The molecule has 2 aromatic rings. The first-order valence-corrected chi connectivity index (χ1v) is 9.78. The van der Waals surface area contributed by atoms with E-state index in [-0.39, 0.29) is 17.8 Å². The van der Waals surface area contributed by atoms with Crippen LogP contribution in [0.15, 0.2) is 28.8 Å². The lowest BCUT2D eigenvalue weighted by molar-refractivity contribution is 0.0635. The lowest BCUT2D eigenvalue weighted by Gasteiger charge is -2.27. The van der Waals surface area contributed by atoms with Gasteiger partial charge < -0.3 is 14.6 Å². The van der Waals surface area contributed by atoms with Gasteiger partial charge in [0.25, 0.3) is 5.89 Å². The SMILES string of the molecule is N#Cc1ccc(C2CC2)c(-c2cnc(C(=O)N(C3CC3)C3CCNC3)o2)c1. The van der Waals surface area contributed by atoms with Gasteiger partial charge in [0.1, 0.15) is 0 Å². The van der Waals surface area contributed by atoms with E-state index < -0.39 is 0 Å². The molecule has 1 atom stereocenters. The van der Waals surface area contributed by atoms with Crippen molar-refractivity contribution in [3.8, 4) is 17.4 Å². The van der Waals surface area contributed by atoms with Gasteiger partial charge >= 0.3 is 5.91 Å². The molecule has 6 heteroatoms. The summed E-state index contributed by atoms with van der Waals surface area (Å²) in [4.78, 5) is 19.4. The summed E-state index contributed by atoms with van der Waals surface area (Å²) in [6.07, 6.45) is 7.04. The van der Waals surface area contributed by atoms with E-state index in [1.54, 1.807) is 6.20 Å². The van der Waals surface area contributed by atoms with Crippen LogP contribution in [0, 0.1) is 11.3 Å². The molecule has 3 fully saturated rings. The number of benzene rings is 1. The van der Waals surface area contributed by atoms with E-state index in [0.29, 0.717) is 23.3 Å². The van der Waals surface area contributed by atoms with Gasteiger partial charge in [-0.3, -0.25) is 4.79 Å². The standard InChI is InChI=1S/C21H22N4O2/c22-10-13-1-6-17(14-2-3-14)18(9-13)19-12-24-20(27-19)21(26)25(15-4-5-15)16-7-8-23-11-16/h1,6,9,12,14-16,23H,2-5,7-8,11H2. The molecule has 0 bridgehead atoms. The molecule has 1 aliphatic heterocycles. The Morgan fingerprint density at radius 2 is 2.07 bits per heavy atom. The number of nitriles is 1. The molecule has 2 heterocycles. The molecule has 1 N–H and O–H groups in total. The molecule has 138 valence electrons. The predicted octanol–water partition coefficient (Wildman–Crippen LogP) is 3.06. The third-order valence-corrected chi connectivity index (χ3v) is 5.76. The molecule has 1 amide bonds. The highest BCUT2D eigenvalue weighted by atomic mass is 16.4. The van der Waals surface area contributed by atoms with Gasteiger partial charge in [-0.05, 0) is 62.3 Å². The zero-order valence-electron chi connectivity index (χ0n) is 15.1. The van der Waals surface area contributed by atoms with Crippen molar-refractivity contribution in [3.05, 3.63) is 41.4 Å². The largest absolute Gasteiger partial charge is 0.432 e. The van der Waals surface area contributed by atoms with Crippen LogP contribution < -0.4 is 5.32 Å². The summed E-state index contributed by atoms with van der Waals surface area (Å²) in [5.74, 6) is 1.15. The van der Waals surface area contributed by atoms with Crippen molar-refractivity contribution in [2.24, 2.45) is 0 Å². The Morgan fingerprint density at radius 3 is 2.74 bits per heavy atom. The van der Waals surface area contributed by atoms with Crippen LogP contribution in [0.5, 0.6) is 0 Å². The molecule has 1 saturated heterocycles. The van der Waals surface area contributed by atoms with Crippen LogP contribution in [-0.2, 0) is 0 Å². The van der Waals surface area contributed by atoms with Crippen molar-refractivity contribution in [1.82, 2.24) is 15.2 Å². The smallest absolute Gasteiger partial charge is 0.310 e. The average molecular weight is 362 g/mol. The molecule has 1 aromatic heterocycles. The van der Waals surface area contributed by atoms with E-state index in [0.717, 1.165) is 50.8 Å². The average Bonchev–Trinajstić information content (AvgIpc) is 3.60. The predicted molar refractivity (Wildman–Crippen MR) is 99.1 cm³/mol. The highest BCUT2D eigenvalue weighted by Gasteiger charge is 2.40. The van der Waals surface area contributed by atoms with Gasteiger partial charge in [-0.25, -0.2) is 4.98 Å². The molecule has 2 aliphatic carbocycles. The summed E-state index contributed by atoms with van der Waals surface area (Å²) in [6.45, 7) is 1.79.